The third kappa shape index (κ3) is 2.36. The van der Waals surface area contributed by atoms with Crippen LogP contribution in [0.3, 0.4) is 0 Å². The molecule has 2 rings (SSSR count). The first-order valence-corrected chi connectivity index (χ1v) is 5.34. The summed E-state index contributed by atoms with van der Waals surface area (Å²) in [5.74, 6) is -0.382. The molecule has 0 aliphatic carbocycles. The van der Waals surface area contributed by atoms with Crippen LogP contribution in [-0.2, 0) is 4.79 Å². The Balaban J connectivity index is 2.50. The number of para-hydroxylation sites is 1. The van der Waals surface area contributed by atoms with Crippen molar-refractivity contribution >= 4 is 22.5 Å². The number of aryl methyl sites for hydroxylation is 1. The molecule has 0 fully saturated rings. The number of hydrogen-bond donors (Lipinski definition) is 0. The predicted molar refractivity (Wildman–Crippen MR) is 63.9 cm³/mol. The third-order valence-electron chi connectivity index (χ3n) is 2.45. The van der Waals surface area contributed by atoms with Gasteiger partial charge in [-0.25, -0.2) is 9.97 Å². The Bertz CT molecular complexity index is 605. The zero-order valence-electron chi connectivity index (χ0n) is 9.73. The Morgan fingerprint density at radius 3 is 2.59 bits per heavy atom. The lowest BCUT2D eigenvalue weighted by Gasteiger charge is -2.03. The summed E-state index contributed by atoms with van der Waals surface area (Å²) in [5, 5.41) is 0.923. The van der Waals surface area contributed by atoms with Crippen molar-refractivity contribution in [1.82, 2.24) is 9.97 Å². The third-order valence-corrected chi connectivity index (χ3v) is 2.45. The van der Waals surface area contributed by atoms with Crippen LogP contribution in [-0.4, -0.2) is 21.5 Å². The SMILES string of the molecule is CC(=O)CC(=O)c1nc(C)c2ccccc2n1. The number of ketones is 2. The Morgan fingerprint density at radius 1 is 1.18 bits per heavy atom. The molecule has 0 unspecified atom stereocenters. The smallest absolute Gasteiger partial charge is 0.207 e. The van der Waals surface area contributed by atoms with E-state index in [9.17, 15) is 9.59 Å². The summed E-state index contributed by atoms with van der Waals surface area (Å²) in [5.41, 5.74) is 1.48. The molecule has 4 heteroatoms. The number of rotatable bonds is 3. The summed E-state index contributed by atoms with van der Waals surface area (Å²) in [4.78, 5) is 30.9. The van der Waals surface area contributed by atoms with E-state index in [1.165, 1.54) is 6.92 Å². The lowest BCUT2D eigenvalue weighted by atomic mass is 10.1. The lowest BCUT2D eigenvalue weighted by Crippen LogP contribution is -2.10. The number of carbonyl (C=O) groups excluding carboxylic acids is 2. The van der Waals surface area contributed by atoms with Crippen LogP contribution in [0.15, 0.2) is 24.3 Å². The van der Waals surface area contributed by atoms with Gasteiger partial charge in [0.15, 0.2) is 5.82 Å². The van der Waals surface area contributed by atoms with E-state index in [0.717, 1.165) is 16.6 Å². The van der Waals surface area contributed by atoms with E-state index in [-0.39, 0.29) is 23.8 Å². The van der Waals surface area contributed by atoms with Gasteiger partial charge in [-0.15, -0.1) is 0 Å². The molecule has 0 aliphatic heterocycles. The summed E-state index contributed by atoms with van der Waals surface area (Å²) in [6.45, 7) is 3.21. The molecule has 1 aromatic carbocycles. The maximum Gasteiger partial charge on any atom is 0.207 e. The van der Waals surface area contributed by atoms with Crippen molar-refractivity contribution in [2.75, 3.05) is 0 Å². The monoisotopic (exact) mass is 228 g/mol. The molecule has 0 N–H and O–H groups in total. The van der Waals surface area contributed by atoms with Crippen LogP contribution < -0.4 is 0 Å². The van der Waals surface area contributed by atoms with Crippen molar-refractivity contribution in [3.8, 4) is 0 Å². The number of Topliss-reactive ketones (excluding diaryl/α,β-unsaturated/α-hetero) is 2. The number of nitrogens with zero attached hydrogens (tertiary/aromatic N) is 2. The summed E-state index contributed by atoms with van der Waals surface area (Å²) >= 11 is 0. The van der Waals surface area contributed by atoms with E-state index in [0.29, 0.717) is 0 Å². The van der Waals surface area contributed by atoms with Crippen LogP contribution in [0.5, 0.6) is 0 Å². The van der Waals surface area contributed by atoms with Crippen molar-refractivity contribution in [3.05, 3.63) is 35.8 Å². The predicted octanol–water partition coefficient (Wildman–Crippen LogP) is 2.10. The van der Waals surface area contributed by atoms with E-state index in [1.807, 2.05) is 31.2 Å². The van der Waals surface area contributed by atoms with Crippen molar-refractivity contribution in [1.29, 1.82) is 0 Å². The van der Waals surface area contributed by atoms with Crippen molar-refractivity contribution < 1.29 is 9.59 Å². The van der Waals surface area contributed by atoms with E-state index in [4.69, 9.17) is 0 Å². The number of fused-ring (bicyclic) bond motifs is 1. The molecule has 2 aromatic rings. The highest BCUT2D eigenvalue weighted by Gasteiger charge is 2.13. The average molecular weight is 228 g/mol. The molecule has 0 saturated carbocycles. The quantitative estimate of drug-likeness (QED) is 0.596. The zero-order chi connectivity index (χ0) is 12.4. The second kappa shape index (κ2) is 4.41. The van der Waals surface area contributed by atoms with Gasteiger partial charge in [0, 0.05) is 11.1 Å². The minimum atomic E-state index is -0.327. The molecule has 4 nitrogen and oxygen atoms in total. The molecule has 0 atom stereocenters. The average Bonchev–Trinajstić information content (AvgIpc) is 2.28. The Kier molecular flexibility index (Phi) is 2.95. The van der Waals surface area contributed by atoms with Gasteiger partial charge in [0.25, 0.3) is 0 Å². The van der Waals surface area contributed by atoms with Gasteiger partial charge in [-0.05, 0) is 19.9 Å². The molecule has 17 heavy (non-hydrogen) atoms. The number of aromatic nitrogens is 2. The molecule has 0 amide bonds. The second-order valence-corrected chi connectivity index (χ2v) is 3.95. The molecular formula is C13H12N2O2. The maximum atomic E-state index is 11.7. The van der Waals surface area contributed by atoms with Gasteiger partial charge >= 0.3 is 0 Å². The minimum absolute atomic E-state index is 0.122. The molecule has 1 aromatic heterocycles. The molecule has 0 bridgehead atoms. The fourth-order valence-electron chi connectivity index (χ4n) is 1.67. The van der Waals surface area contributed by atoms with E-state index in [2.05, 4.69) is 9.97 Å². The number of carbonyl (C=O) groups is 2. The number of benzene rings is 1. The molecular weight excluding hydrogens is 216 g/mol. The van der Waals surface area contributed by atoms with Gasteiger partial charge in [0.05, 0.1) is 11.9 Å². The fraction of sp³-hybridized carbons (Fsp3) is 0.231. The van der Waals surface area contributed by atoms with Gasteiger partial charge in [-0.1, -0.05) is 18.2 Å². The van der Waals surface area contributed by atoms with Gasteiger partial charge in [0.1, 0.15) is 5.78 Å². The first-order valence-electron chi connectivity index (χ1n) is 5.34. The summed E-state index contributed by atoms with van der Waals surface area (Å²) in [6.07, 6.45) is -0.141. The van der Waals surface area contributed by atoms with Crippen LogP contribution in [0.25, 0.3) is 10.9 Å². The Morgan fingerprint density at radius 2 is 1.88 bits per heavy atom. The Hall–Kier alpha value is -2.10. The van der Waals surface area contributed by atoms with Crippen molar-refractivity contribution in [3.63, 3.8) is 0 Å². The van der Waals surface area contributed by atoms with Crippen molar-refractivity contribution in [2.45, 2.75) is 20.3 Å². The topological polar surface area (TPSA) is 59.9 Å². The van der Waals surface area contributed by atoms with E-state index >= 15 is 0 Å². The fourth-order valence-corrected chi connectivity index (χ4v) is 1.67. The second-order valence-electron chi connectivity index (χ2n) is 3.95. The lowest BCUT2D eigenvalue weighted by molar-refractivity contribution is -0.116. The molecule has 0 saturated heterocycles. The van der Waals surface area contributed by atoms with Crippen LogP contribution >= 0.6 is 0 Å². The highest BCUT2D eigenvalue weighted by molar-refractivity contribution is 6.06. The minimum Gasteiger partial charge on any atom is -0.300 e. The van der Waals surface area contributed by atoms with Gasteiger partial charge < -0.3 is 0 Å². The zero-order valence-corrected chi connectivity index (χ0v) is 9.73. The largest absolute Gasteiger partial charge is 0.300 e. The normalized spacial score (nSPS) is 10.5. The first-order chi connectivity index (χ1) is 8.08. The summed E-state index contributed by atoms with van der Waals surface area (Å²) < 4.78 is 0. The van der Waals surface area contributed by atoms with Crippen LogP contribution in [0, 0.1) is 6.92 Å². The van der Waals surface area contributed by atoms with Crippen LogP contribution in [0.1, 0.15) is 29.7 Å². The Labute approximate surface area is 98.7 Å². The van der Waals surface area contributed by atoms with E-state index in [1.54, 1.807) is 0 Å². The molecule has 0 spiro atoms. The van der Waals surface area contributed by atoms with Gasteiger partial charge in [0.2, 0.25) is 5.78 Å². The molecule has 0 radical (unpaired) electrons. The van der Waals surface area contributed by atoms with Crippen LogP contribution in [0.2, 0.25) is 0 Å². The van der Waals surface area contributed by atoms with Gasteiger partial charge in [-0.2, -0.15) is 0 Å². The summed E-state index contributed by atoms with van der Waals surface area (Å²) in [6, 6.07) is 7.49. The standard InChI is InChI=1S/C13H12N2O2/c1-8(16)7-12(17)13-14-9(2)10-5-3-4-6-11(10)15-13/h3-6H,7H2,1-2H3. The number of hydrogen-bond acceptors (Lipinski definition) is 4. The maximum absolute atomic E-state index is 11.7. The van der Waals surface area contributed by atoms with Crippen LogP contribution in [0.4, 0.5) is 0 Å². The van der Waals surface area contributed by atoms with E-state index < -0.39 is 0 Å². The molecule has 1 heterocycles. The van der Waals surface area contributed by atoms with Gasteiger partial charge in [-0.3, -0.25) is 9.59 Å². The summed E-state index contributed by atoms with van der Waals surface area (Å²) in [7, 11) is 0. The molecule has 86 valence electrons. The first kappa shape index (κ1) is 11.4. The highest BCUT2D eigenvalue weighted by atomic mass is 16.1. The highest BCUT2D eigenvalue weighted by Crippen LogP contribution is 2.15. The molecule has 0 aliphatic rings. The van der Waals surface area contributed by atoms with Crippen molar-refractivity contribution in [2.24, 2.45) is 0 Å².